The molecule has 0 spiro atoms. The summed E-state index contributed by atoms with van der Waals surface area (Å²) in [6, 6.07) is 4.04. The van der Waals surface area contributed by atoms with E-state index >= 15 is 0 Å². The van der Waals surface area contributed by atoms with E-state index in [1.165, 1.54) is 0 Å². The van der Waals surface area contributed by atoms with E-state index in [0.717, 1.165) is 28.5 Å². The Balaban J connectivity index is 1.78. The van der Waals surface area contributed by atoms with Crippen molar-refractivity contribution in [2.75, 3.05) is 6.54 Å². The normalized spacial score (nSPS) is 22.3. The molecule has 1 heterocycles. The third-order valence-electron chi connectivity index (χ3n) is 4.60. The lowest BCUT2D eigenvalue weighted by Gasteiger charge is -2.04. The minimum atomic E-state index is 0.470. The Labute approximate surface area is 111 Å². The fourth-order valence-corrected chi connectivity index (χ4v) is 3.09. The zero-order valence-corrected chi connectivity index (χ0v) is 12.6. The topological polar surface area (TPSA) is 25.2 Å². The van der Waals surface area contributed by atoms with Gasteiger partial charge in [0.15, 0.2) is 3.77 Å². The summed E-state index contributed by atoms with van der Waals surface area (Å²) in [5.41, 5.74) is 0.940. The quantitative estimate of drug-likeness (QED) is 0.851. The van der Waals surface area contributed by atoms with Crippen LogP contribution in [0.15, 0.2) is 16.5 Å². The van der Waals surface area contributed by atoms with Crippen molar-refractivity contribution >= 4 is 22.6 Å². The second-order valence-electron chi connectivity index (χ2n) is 5.83. The number of rotatable bonds is 4. The van der Waals surface area contributed by atoms with Crippen LogP contribution in [0.25, 0.3) is 0 Å². The average molecular weight is 333 g/mol. The maximum Gasteiger partial charge on any atom is 0.164 e. The second-order valence-corrected chi connectivity index (χ2v) is 6.90. The monoisotopic (exact) mass is 333 g/mol. The Morgan fingerprint density at radius 3 is 2.31 bits per heavy atom. The largest absolute Gasteiger partial charge is 0.454 e. The third-order valence-corrected chi connectivity index (χ3v) is 5.18. The highest BCUT2D eigenvalue weighted by molar-refractivity contribution is 14.1. The molecule has 0 aliphatic heterocycles. The molecule has 90 valence electrons. The van der Waals surface area contributed by atoms with Gasteiger partial charge in [-0.25, -0.2) is 0 Å². The zero-order chi connectivity index (χ0) is 12.0. The predicted molar refractivity (Wildman–Crippen MR) is 74.2 cm³/mol. The van der Waals surface area contributed by atoms with Gasteiger partial charge in [-0.1, -0.05) is 27.7 Å². The number of hydrogen-bond acceptors (Lipinski definition) is 2. The first kappa shape index (κ1) is 12.4. The van der Waals surface area contributed by atoms with Crippen molar-refractivity contribution in [1.29, 1.82) is 0 Å². The summed E-state index contributed by atoms with van der Waals surface area (Å²) in [6.45, 7) is 11.3. The molecule has 0 amide bonds. The highest BCUT2D eigenvalue weighted by atomic mass is 127. The Bertz CT molecular complexity index is 367. The van der Waals surface area contributed by atoms with Crippen molar-refractivity contribution in [3.05, 3.63) is 21.7 Å². The smallest absolute Gasteiger partial charge is 0.164 e. The van der Waals surface area contributed by atoms with Gasteiger partial charge in [0.1, 0.15) is 5.76 Å². The molecule has 0 radical (unpaired) electrons. The SMILES string of the molecule is CC1(C)C(CNCc2ccc(I)o2)C1(C)C. The molecule has 0 bridgehead atoms. The molecule has 2 nitrogen and oxygen atoms in total. The van der Waals surface area contributed by atoms with Gasteiger partial charge in [0.2, 0.25) is 0 Å². The fourth-order valence-electron chi connectivity index (χ4n) is 2.63. The predicted octanol–water partition coefficient (Wildman–Crippen LogP) is 3.66. The minimum Gasteiger partial charge on any atom is -0.454 e. The lowest BCUT2D eigenvalue weighted by atomic mass is 10.0. The Morgan fingerprint density at radius 1 is 1.25 bits per heavy atom. The summed E-state index contributed by atoms with van der Waals surface area (Å²) in [4.78, 5) is 0. The van der Waals surface area contributed by atoms with E-state index in [1.807, 2.05) is 12.1 Å². The summed E-state index contributed by atoms with van der Waals surface area (Å²) in [5.74, 6) is 1.80. The molecule has 0 atom stereocenters. The molecular weight excluding hydrogens is 313 g/mol. The molecule has 1 aliphatic rings. The summed E-state index contributed by atoms with van der Waals surface area (Å²) >= 11 is 2.19. The van der Waals surface area contributed by atoms with Crippen LogP contribution in [0, 0.1) is 20.5 Å². The summed E-state index contributed by atoms with van der Waals surface area (Å²) < 4.78 is 6.47. The molecule has 1 N–H and O–H groups in total. The molecule has 1 aromatic rings. The average Bonchev–Trinajstić information content (AvgIpc) is 2.53. The molecule has 1 aliphatic carbocycles. The van der Waals surface area contributed by atoms with Crippen molar-refractivity contribution in [1.82, 2.24) is 5.32 Å². The highest BCUT2D eigenvalue weighted by Gasteiger charge is 2.63. The summed E-state index contributed by atoms with van der Waals surface area (Å²) in [7, 11) is 0. The van der Waals surface area contributed by atoms with Gasteiger partial charge in [-0.05, 0) is 58.0 Å². The van der Waals surface area contributed by atoms with Gasteiger partial charge in [-0.3, -0.25) is 0 Å². The zero-order valence-electron chi connectivity index (χ0n) is 10.4. The van der Waals surface area contributed by atoms with Crippen LogP contribution in [-0.4, -0.2) is 6.54 Å². The second kappa shape index (κ2) is 4.02. The molecule has 0 unspecified atom stereocenters. The van der Waals surface area contributed by atoms with Gasteiger partial charge in [0, 0.05) is 0 Å². The van der Waals surface area contributed by atoms with E-state index < -0.39 is 0 Å². The fraction of sp³-hybridized carbons (Fsp3) is 0.692. The minimum absolute atomic E-state index is 0.470. The lowest BCUT2D eigenvalue weighted by Crippen LogP contribution is -2.18. The highest BCUT2D eigenvalue weighted by Crippen LogP contribution is 2.67. The van der Waals surface area contributed by atoms with Gasteiger partial charge in [0.25, 0.3) is 0 Å². The van der Waals surface area contributed by atoms with Gasteiger partial charge in [0.05, 0.1) is 6.54 Å². The molecule has 0 saturated heterocycles. The molecule has 1 fully saturated rings. The van der Waals surface area contributed by atoms with Gasteiger partial charge in [-0.15, -0.1) is 0 Å². The van der Waals surface area contributed by atoms with Crippen molar-refractivity contribution in [3.8, 4) is 0 Å². The Morgan fingerprint density at radius 2 is 1.88 bits per heavy atom. The first-order valence-corrected chi connectivity index (χ1v) is 6.88. The van der Waals surface area contributed by atoms with Crippen LogP contribution in [0.1, 0.15) is 33.5 Å². The Hall–Kier alpha value is -0.0300. The van der Waals surface area contributed by atoms with E-state index in [9.17, 15) is 0 Å². The van der Waals surface area contributed by atoms with Crippen LogP contribution in [-0.2, 0) is 6.54 Å². The van der Waals surface area contributed by atoms with E-state index in [1.54, 1.807) is 0 Å². The summed E-state index contributed by atoms with van der Waals surface area (Å²) in [5, 5.41) is 3.49. The maximum absolute atomic E-state index is 5.51. The first-order valence-electron chi connectivity index (χ1n) is 5.80. The van der Waals surface area contributed by atoms with Crippen LogP contribution >= 0.6 is 22.6 Å². The lowest BCUT2D eigenvalue weighted by molar-refractivity contribution is 0.448. The van der Waals surface area contributed by atoms with Crippen molar-refractivity contribution in [3.63, 3.8) is 0 Å². The van der Waals surface area contributed by atoms with Gasteiger partial charge >= 0.3 is 0 Å². The van der Waals surface area contributed by atoms with Crippen LogP contribution < -0.4 is 5.32 Å². The molecule has 1 aromatic heterocycles. The molecule has 3 heteroatoms. The number of furan rings is 1. The maximum atomic E-state index is 5.51. The van der Waals surface area contributed by atoms with Crippen LogP contribution in [0.4, 0.5) is 0 Å². The molecule has 16 heavy (non-hydrogen) atoms. The van der Waals surface area contributed by atoms with Crippen LogP contribution in [0.5, 0.6) is 0 Å². The van der Waals surface area contributed by atoms with E-state index in [-0.39, 0.29) is 0 Å². The van der Waals surface area contributed by atoms with E-state index in [0.29, 0.717) is 10.8 Å². The van der Waals surface area contributed by atoms with Crippen molar-refractivity contribution in [2.24, 2.45) is 16.7 Å². The third kappa shape index (κ3) is 2.04. The molecule has 1 saturated carbocycles. The Kier molecular flexibility index (Phi) is 3.12. The van der Waals surface area contributed by atoms with Gasteiger partial charge in [-0.2, -0.15) is 0 Å². The standard InChI is InChI=1S/C13H20INO/c1-12(2)10(13(12,3)4)8-15-7-9-5-6-11(14)16-9/h5-6,10,15H,7-8H2,1-4H3. The van der Waals surface area contributed by atoms with Gasteiger partial charge < -0.3 is 9.73 Å². The molecule has 0 aromatic carbocycles. The molecular formula is C13H20INO. The van der Waals surface area contributed by atoms with Crippen molar-refractivity contribution in [2.45, 2.75) is 34.2 Å². The van der Waals surface area contributed by atoms with E-state index in [4.69, 9.17) is 4.42 Å². The number of nitrogens with one attached hydrogen (secondary N) is 1. The van der Waals surface area contributed by atoms with E-state index in [2.05, 4.69) is 55.6 Å². The molecule has 2 rings (SSSR count). The van der Waals surface area contributed by atoms with Crippen LogP contribution in [0.2, 0.25) is 0 Å². The first-order chi connectivity index (χ1) is 7.35. The van der Waals surface area contributed by atoms with Crippen molar-refractivity contribution < 1.29 is 4.42 Å². The van der Waals surface area contributed by atoms with Crippen LogP contribution in [0.3, 0.4) is 0 Å². The summed E-state index contributed by atoms with van der Waals surface area (Å²) in [6.07, 6.45) is 0. The number of halogens is 1. The number of hydrogen-bond donors (Lipinski definition) is 1.